The Morgan fingerprint density at radius 3 is 2.92 bits per heavy atom. The van der Waals surface area contributed by atoms with Gasteiger partial charge in [0.25, 0.3) is 5.91 Å². The molecule has 2 aliphatic rings. The van der Waals surface area contributed by atoms with Crippen molar-refractivity contribution in [2.75, 3.05) is 19.8 Å². The number of amides is 1. The molecule has 2 atom stereocenters. The van der Waals surface area contributed by atoms with Crippen molar-refractivity contribution in [3.63, 3.8) is 0 Å². The first kappa shape index (κ1) is 16.9. The van der Waals surface area contributed by atoms with Crippen molar-refractivity contribution in [2.45, 2.75) is 38.6 Å². The fourth-order valence-electron chi connectivity index (χ4n) is 4.20. The van der Waals surface area contributed by atoms with Crippen LogP contribution in [0.4, 0.5) is 0 Å². The molecule has 5 heteroatoms. The van der Waals surface area contributed by atoms with Gasteiger partial charge in [0.1, 0.15) is 0 Å². The van der Waals surface area contributed by atoms with Crippen LogP contribution in [0.25, 0.3) is 10.9 Å². The molecule has 4 nitrogen and oxygen atoms in total. The molecule has 2 unspecified atom stereocenters. The van der Waals surface area contributed by atoms with Crippen molar-refractivity contribution in [3.8, 4) is 0 Å². The van der Waals surface area contributed by atoms with Gasteiger partial charge in [-0.2, -0.15) is 0 Å². The van der Waals surface area contributed by atoms with Gasteiger partial charge in [-0.05, 0) is 36.8 Å². The van der Waals surface area contributed by atoms with Crippen molar-refractivity contribution >= 4 is 28.4 Å². The van der Waals surface area contributed by atoms with E-state index in [9.17, 15) is 4.79 Å². The first-order valence-corrected chi connectivity index (χ1v) is 9.66. The van der Waals surface area contributed by atoms with Gasteiger partial charge in [-0.3, -0.25) is 4.79 Å². The molecule has 1 aliphatic carbocycles. The van der Waals surface area contributed by atoms with Crippen molar-refractivity contribution in [1.82, 2.24) is 9.88 Å². The van der Waals surface area contributed by atoms with Crippen molar-refractivity contribution in [3.05, 3.63) is 35.0 Å². The highest BCUT2D eigenvalue weighted by atomic mass is 35.5. The van der Waals surface area contributed by atoms with Gasteiger partial charge in [0.2, 0.25) is 0 Å². The molecule has 134 valence electrons. The molecule has 2 fully saturated rings. The second kappa shape index (κ2) is 7.00. The Morgan fingerprint density at radius 2 is 2.20 bits per heavy atom. The molecule has 1 saturated carbocycles. The van der Waals surface area contributed by atoms with E-state index in [0.717, 1.165) is 23.4 Å². The van der Waals surface area contributed by atoms with Crippen LogP contribution in [0.2, 0.25) is 5.02 Å². The molecule has 1 saturated heterocycles. The van der Waals surface area contributed by atoms with E-state index in [1.165, 1.54) is 25.7 Å². The summed E-state index contributed by atoms with van der Waals surface area (Å²) in [6.45, 7) is 4.45. The maximum Gasteiger partial charge on any atom is 0.253 e. The lowest BCUT2D eigenvalue weighted by molar-refractivity contribution is -0.0214. The van der Waals surface area contributed by atoms with E-state index < -0.39 is 0 Å². The van der Waals surface area contributed by atoms with E-state index in [-0.39, 0.29) is 5.91 Å². The zero-order valence-corrected chi connectivity index (χ0v) is 15.4. The monoisotopic (exact) mass is 360 g/mol. The third-order valence-corrected chi connectivity index (χ3v) is 5.98. The topological polar surface area (TPSA) is 43.3 Å². The summed E-state index contributed by atoms with van der Waals surface area (Å²) in [4.78, 5) is 12.9. The highest BCUT2D eigenvalue weighted by Crippen LogP contribution is 2.33. The number of aromatic nitrogens is 1. The summed E-state index contributed by atoms with van der Waals surface area (Å²) in [7, 11) is 0. The number of fused-ring (bicyclic) bond motifs is 1. The molecule has 4 rings (SSSR count). The number of halogens is 1. The van der Waals surface area contributed by atoms with Gasteiger partial charge in [-0.25, -0.2) is 0 Å². The van der Waals surface area contributed by atoms with Gasteiger partial charge < -0.3 is 14.6 Å². The quantitative estimate of drug-likeness (QED) is 0.876. The first-order chi connectivity index (χ1) is 12.1. The van der Waals surface area contributed by atoms with Crippen molar-refractivity contribution in [1.29, 1.82) is 0 Å². The molecule has 1 aromatic carbocycles. The van der Waals surface area contributed by atoms with Gasteiger partial charge in [0, 0.05) is 18.1 Å². The Hall–Kier alpha value is -1.52. The molecule has 2 heterocycles. The molecular weight excluding hydrogens is 336 g/mol. The van der Waals surface area contributed by atoms with Crippen molar-refractivity contribution in [2.24, 2.45) is 11.8 Å². The molecule has 0 spiro atoms. The van der Waals surface area contributed by atoms with Crippen LogP contribution < -0.4 is 5.32 Å². The lowest BCUT2D eigenvalue weighted by Crippen LogP contribution is -2.32. The Balaban J connectivity index is 1.56. The Morgan fingerprint density at radius 1 is 1.36 bits per heavy atom. The van der Waals surface area contributed by atoms with E-state index in [2.05, 4.69) is 16.8 Å². The number of benzene rings is 1. The predicted octanol–water partition coefficient (Wildman–Crippen LogP) is 4.42. The van der Waals surface area contributed by atoms with Gasteiger partial charge in [-0.1, -0.05) is 37.4 Å². The number of carbonyl (C=O) groups is 1. The predicted molar refractivity (Wildman–Crippen MR) is 100 cm³/mol. The number of hydrogen-bond donors (Lipinski definition) is 1. The summed E-state index contributed by atoms with van der Waals surface area (Å²) in [5.41, 5.74) is 1.69. The summed E-state index contributed by atoms with van der Waals surface area (Å²) >= 11 is 6.43. The summed E-state index contributed by atoms with van der Waals surface area (Å²) in [5.74, 6) is 1.34. The highest BCUT2D eigenvalue weighted by molar-refractivity contribution is 6.36. The van der Waals surface area contributed by atoms with Crippen LogP contribution in [0.3, 0.4) is 0 Å². The van der Waals surface area contributed by atoms with E-state index in [1.54, 1.807) is 0 Å². The van der Waals surface area contributed by atoms with Crippen LogP contribution in [0.15, 0.2) is 24.4 Å². The largest absolute Gasteiger partial charge is 0.377 e. The average Bonchev–Trinajstić information content (AvgIpc) is 2.92. The van der Waals surface area contributed by atoms with Crippen LogP contribution in [-0.4, -0.2) is 30.2 Å². The summed E-state index contributed by atoms with van der Waals surface area (Å²) in [6.07, 6.45) is 6.96. The number of hydrogen-bond acceptors (Lipinski definition) is 2. The van der Waals surface area contributed by atoms with E-state index in [1.807, 2.05) is 24.4 Å². The molecule has 0 radical (unpaired) electrons. The number of rotatable bonds is 4. The Kier molecular flexibility index (Phi) is 4.74. The zero-order valence-electron chi connectivity index (χ0n) is 14.6. The van der Waals surface area contributed by atoms with Crippen LogP contribution >= 0.6 is 11.6 Å². The fourth-order valence-corrected chi connectivity index (χ4v) is 4.47. The minimum absolute atomic E-state index is 0.0182. The maximum absolute atomic E-state index is 12.9. The number of nitrogens with zero attached hydrogens (tertiary/aromatic N) is 1. The standard InChI is InChI=1S/C20H25ClN2O2/c1-13-4-2-5-14(8-13)9-22-20(24)16-10-23(15-11-25-12-15)18-7-3-6-17(21)19(16)18/h3,6-7,10,13-15H,2,4-5,8-9,11-12H2,1H3,(H,22,24). The summed E-state index contributed by atoms with van der Waals surface area (Å²) in [5, 5.41) is 4.64. The number of nitrogens with one attached hydrogen (secondary N) is 1. The Labute approximate surface area is 153 Å². The molecule has 2 aromatic rings. The third-order valence-electron chi connectivity index (χ3n) is 5.66. The molecule has 25 heavy (non-hydrogen) atoms. The van der Waals surface area contributed by atoms with Gasteiger partial charge in [-0.15, -0.1) is 0 Å². The molecular formula is C20H25ClN2O2. The van der Waals surface area contributed by atoms with Gasteiger partial charge >= 0.3 is 0 Å². The number of ether oxygens (including phenoxy) is 1. The van der Waals surface area contributed by atoms with Crippen LogP contribution in [0, 0.1) is 11.8 Å². The van der Waals surface area contributed by atoms with Gasteiger partial charge in [0.15, 0.2) is 0 Å². The average molecular weight is 361 g/mol. The first-order valence-electron chi connectivity index (χ1n) is 9.28. The highest BCUT2D eigenvalue weighted by Gasteiger charge is 2.26. The smallest absolute Gasteiger partial charge is 0.253 e. The molecule has 1 aliphatic heterocycles. The van der Waals surface area contributed by atoms with E-state index >= 15 is 0 Å². The molecule has 1 N–H and O–H groups in total. The molecule has 0 bridgehead atoms. The van der Waals surface area contributed by atoms with Crippen LogP contribution in [0.1, 0.15) is 49.0 Å². The SMILES string of the molecule is CC1CCCC(CNC(=O)c2cn(C3COC3)c3cccc(Cl)c23)C1. The zero-order chi connectivity index (χ0) is 17.4. The third kappa shape index (κ3) is 3.30. The lowest BCUT2D eigenvalue weighted by Gasteiger charge is -2.28. The summed E-state index contributed by atoms with van der Waals surface area (Å²) in [6, 6.07) is 6.11. The lowest BCUT2D eigenvalue weighted by atomic mass is 9.82. The fraction of sp³-hybridized carbons (Fsp3) is 0.550. The second-order valence-corrected chi connectivity index (χ2v) is 8.03. The van der Waals surface area contributed by atoms with E-state index in [4.69, 9.17) is 16.3 Å². The summed E-state index contributed by atoms with van der Waals surface area (Å²) < 4.78 is 7.46. The number of carbonyl (C=O) groups excluding carboxylic acids is 1. The normalized spacial score (nSPS) is 24.2. The van der Waals surface area contributed by atoms with Gasteiger partial charge in [0.05, 0.1) is 35.4 Å². The minimum atomic E-state index is -0.0182. The Bertz CT molecular complexity index is 781. The van der Waals surface area contributed by atoms with Crippen LogP contribution in [0.5, 0.6) is 0 Å². The molecule has 1 amide bonds. The van der Waals surface area contributed by atoms with E-state index in [0.29, 0.717) is 35.8 Å². The molecule has 1 aromatic heterocycles. The van der Waals surface area contributed by atoms with Crippen molar-refractivity contribution < 1.29 is 9.53 Å². The van der Waals surface area contributed by atoms with Crippen LogP contribution in [-0.2, 0) is 4.74 Å². The maximum atomic E-state index is 12.9. The second-order valence-electron chi connectivity index (χ2n) is 7.62. The minimum Gasteiger partial charge on any atom is -0.377 e.